The van der Waals surface area contributed by atoms with Crippen LogP contribution in [0.3, 0.4) is 0 Å². The molecule has 0 spiro atoms. The summed E-state index contributed by atoms with van der Waals surface area (Å²) in [4.78, 5) is 17.9. The molecule has 6 nitrogen and oxygen atoms in total. The van der Waals surface area contributed by atoms with E-state index in [0.717, 1.165) is 11.1 Å². The van der Waals surface area contributed by atoms with Crippen molar-refractivity contribution >= 4 is 17.2 Å². The van der Waals surface area contributed by atoms with Crippen LogP contribution in [-0.2, 0) is 17.8 Å². The molecule has 0 radical (unpaired) electrons. The summed E-state index contributed by atoms with van der Waals surface area (Å²) in [6.07, 6.45) is 4.25. The highest BCUT2D eigenvalue weighted by molar-refractivity contribution is 7.08. The van der Waals surface area contributed by atoms with Gasteiger partial charge in [0.2, 0.25) is 17.7 Å². The van der Waals surface area contributed by atoms with Crippen molar-refractivity contribution in [1.82, 2.24) is 20.1 Å². The van der Waals surface area contributed by atoms with E-state index in [0.29, 0.717) is 31.2 Å². The Morgan fingerprint density at radius 3 is 3.00 bits per heavy atom. The molecular weight excluding hydrogens is 312 g/mol. The van der Waals surface area contributed by atoms with Crippen LogP contribution in [0.5, 0.6) is 0 Å². The fourth-order valence-electron chi connectivity index (χ4n) is 2.12. The van der Waals surface area contributed by atoms with Gasteiger partial charge in [-0.15, -0.1) is 10.2 Å². The molecule has 0 N–H and O–H groups in total. The Morgan fingerprint density at radius 2 is 2.26 bits per heavy atom. The molecule has 0 atom stereocenters. The minimum absolute atomic E-state index is 0.0316. The highest BCUT2D eigenvalue weighted by atomic mass is 32.1. The Labute approximate surface area is 137 Å². The van der Waals surface area contributed by atoms with Crippen molar-refractivity contribution in [2.24, 2.45) is 0 Å². The number of hydrogen-bond acceptors (Lipinski definition) is 6. The Morgan fingerprint density at radius 1 is 1.35 bits per heavy atom. The van der Waals surface area contributed by atoms with E-state index in [1.165, 1.54) is 0 Å². The van der Waals surface area contributed by atoms with Crippen LogP contribution in [-0.4, -0.2) is 33.0 Å². The van der Waals surface area contributed by atoms with Crippen LogP contribution < -0.4 is 0 Å². The molecule has 0 aliphatic heterocycles. The van der Waals surface area contributed by atoms with E-state index in [9.17, 15) is 4.79 Å². The molecule has 0 fully saturated rings. The molecule has 0 unspecified atom stereocenters. The summed E-state index contributed by atoms with van der Waals surface area (Å²) in [5.41, 5.74) is 1.91. The first-order chi connectivity index (χ1) is 11.2. The molecule has 118 valence electrons. The second kappa shape index (κ2) is 7.15. The maximum absolute atomic E-state index is 12.2. The standard InChI is InChI=1S/C16H16N4O2S/c1-20(10-12-3-2-7-17-9-12)15(21)5-4-14-18-19-16(22-14)13-6-8-23-11-13/h2-3,6-9,11H,4-5,10H2,1H3. The van der Waals surface area contributed by atoms with Crippen molar-refractivity contribution < 1.29 is 9.21 Å². The number of carbonyl (C=O) groups excluding carboxylic acids is 1. The maximum atomic E-state index is 12.2. The average molecular weight is 328 g/mol. The number of amides is 1. The molecule has 0 bridgehead atoms. The van der Waals surface area contributed by atoms with Crippen LogP contribution in [0, 0.1) is 0 Å². The molecule has 7 heteroatoms. The smallest absolute Gasteiger partial charge is 0.248 e. The van der Waals surface area contributed by atoms with Gasteiger partial charge in [0.1, 0.15) is 0 Å². The molecule has 0 aliphatic carbocycles. The molecule has 0 aromatic carbocycles. The Bertz CT molecular complexity index is 756. The number of carbonyl (C=O) groups is 1. The first-order valence-electron chi connectivity index (χ1n) is 7.20. The minimum atomic E-state index is 0.0316. The van der Waals surface area contributed by atoms with Crippen LogP contribution in [0.15, 0.2) is 45.8 Å². The summed E-state index contributed by atoms with van der Waals surface area (Å²) in [5.74, 6) is 1.01. The van der Waals surface area contributed by atoms with E-state index >= 15 is 0 Å². The lowest BCUT2D eigenvalue weighted by atomic mass is 10.2. The van der Waals surface area contributed by atoms with E-state index in [2.05, 4.69) is 15.2 Å². The maximum Gasteiger partial charge on any atom is 0.248 e. The fraction of sp³-hybridized carbons (Fsp3) is 0.250. The average Bonchev–Trinajstić information content (AvgIpc) is 3.24. The molecule has 0 saturated carbocycles. The van der Waals surface area contributed by atoms with Gasteiger partial charge in [-0.3, -0.25) is 9.78 Å². The predicted octanol–water partition coefficient (Wildman–Crippen LogP) is 2.78. The summed E-state index contributed by atoms with van der Waals surface area (Å²) >= 11 is 1.57. The third kappa shape index (κ3) is 4.01. The lowest BCUT2D eigenvalue weighted by Crippen LogP contribution is -2.26. The molecule has 0 aliphatic rings. The van der Waals surface area contributed by atoms with Gasteiger partial charge in [0.05, 0.1) is 0 Å². The minimum Gasteiger partial charge on any atom is -0.421 e. The van der Waals surface area contributed by atoms with Crippen molar-refractivity contribution in [3.8, 4) is 11.5 Å². The van der Waals surface area contributed by atoms with E-state index in [4.69, 9.17) is 4.42 Å². The zero-order chi connectivity index (χ0) is 16.1. The monoisotopic (exact) mass is 328 g/mol. The van der Waals surface area contributed by atoms with Gasteiger partial charge in [-0.2, -0.15) is 11.3 Å². The zero-order valence-electron chi connectivity index (χ0n) is 12.7. The van der Waals surface area contributed by atoms with Crippen molar-refractivity contribution in [3.05, 3.63) is 52.8 Å². The summed E-state index contributed by atoms with van der Waals surface area (Å²) in [7, 11) is 1.78. The van der Waals surface area contributed by atoms with Crippen molar-refractivity contribution in [3.63, 3.8) is 0 Å². The quantitative estimate of drug-likeness (QED) is 0.696. The van der Waals surface area contributed by atoms with Gasteiger partial charge < -0.3 is 9.32 Å². The Kier molecular flexibility index (Phi) is 4.77. The largest absolute Gasteiger partial charge is 0.421 e. The molecule has 3 heterocycles. The van der Waals surface area contributed by atoms with E-state index in [1.54, 1.807) is 35.7 Å². The van der Waals surface area contributed by atoms with Gasteiger partial charge in [0.25, 0.3) is 0 Å². The molecular formula is C16H16N4O2S. The first kappa shape index (κ1) is 15.4. The predicted molar refractivity (Wildman–Crippen MR) is 86.6 cm³/mol. The lowest BCUT2D eigenvalue weighted by Gasteiger charge is -2.16. The number of hydrogen-bond donors (Lipinski definition) is 0. The number of pyridine rings is 1. The van der Waals surface area contributed by atoms with Crippen LogP contribution in [0.2, 0.25) is 0 Å². The number of rotatable bonds is 6. The summed E-state index contributed by atoms with van der Waals surface area (Å²) in [6, 6.07) is 5.73. The van der Waals surface area contributed by atoms with E-state index in [1.807, 2.05) is 29.0 Å². The molecule has 3 rings (SSSR count). The number of aryl methyl sites for hydroxylation is 1. The first-order valence-corrected chi connectivity index (χ1v) is 8.14. The van der Waals surface area contributed by atoms with E-state index in [-0.39, 0.29) is 5.91 Å². The molecule has 3 aromatic rings. The second-order valence-electron chi connectivity index (χ2n) is 5.12. The molecule has 0 saturated heterocycles. The second-order valence-corrected chi connectivity index (χ2v) is 5.90. The van der Waals surface area contributed by atoms with Gasteiger partial charge in [0, 0.05) is 49.8 Å². The molecule has 1 amide bonds. The normalized spacial score (nSPS) is 10.7. The van der Waals surface area contributed by atoms with Crippen molar-refractivity contribution in [2.75, 3.05) is 7.05 Å². The van der Waals surface area contributed by atoms with Gasteiger partial charge in [-0.05, 0) is 23.1 Å². The Balaban J connectivity index is 1.52. The number of thiophene rings is 1. The third-order valence-corrected chi connectivity index (χ3v) is 4.04. The highest BCUT2D eigenvalue weighted by Gasteiger charge is 2.13. The topological polar surface area (TPSA) is 72.1 Å². The van der Waals surface area contributed by atoms with Gasteiger partial charge in [-0.1, -0.05) is 6.07 Å². The lowest BCUT2D eigenvalue weighted by molar-refractivity contribution is -0.130. The Hall–Kier alpha value is -2.54. The molecule has 23 heavy (non-hydrogen) atoms. The summed E-state index contributed by atoms with van der Waals surface area (Å²) in [5, 5.41) is 11.9. The zero-order valence-corrected chi connectivity index (χ0v) is 13.5. The molecule has 3 aromatic heterocycles. The van der Waals surface area contributed by atoms with Crippen LogP contribution in [0.4, 0.5) is 0 Å². The number of aromatic nitrogens is 3. The summed E-state index contributed by atoms with van der Waals surface area (Å²) < 4.78 is 5.58. The summed E-state index contributed by atoms with van der Waals surface area (Å²) in [6.45, 7) is 0.538. The van der Waals surface area contributed by atoms with Crippen LogP contribution in [0.25, 0.3) is 11.5 Å². The van der Waals surface area contributed by atoms with Gasteiger partial charge >= 0.3 is 0 Å². The fourth-order valence-corrected chi connectivity index (χ4v) is 2.75. The highest BCUT2D eigenvalue weighted by Crippen LogP contribution is 2.20. The van der Waals surface area contributed by atoms with Gasteiger partial charge in [0.15, 0.2) is 0 Å². The van der Waals surface area contributed by atoms with Crippen LogP contribution >= 0.6 is 11.3 Å². The van der Waals surface area contributed by atoms with Crippen molar-refractivity contribution in [1.29, 1.82) is 0 Å². The van der Waals surface area contributed by atoms with E-state index < -0.39 is 0 Å². The van der Waals surface area contributed by atoms with Crippen molar-refractivity contribution in [2.45, 2.75) is 19.4 Å². The van der Waals surface area contributed by atoms with Crippen LogP contribution in [0.1, 0.15) is 17.9 Å². The third-order valence-electron chi connectivity index (χ3n) is 3.36. The van der Waals surface area contributed by atoms with Gasteiger partial charge in [-0.25, -0.2) is 0 Å². The SMILES string of the molecule is CN(Cc1cccnc1)C(=O)CCc1nnc(-c2ccsc2)o1. The number of nitrogens with zero attached hydrogens (tertiary/aromatic N) is 4.